The highest BCUT2D eigenvalue weighted by atomic mass is 32.1. The standard InChI is InChI=1S/C25H22FN5OS/c1-12-5-6-31(9-12)25-29-8-15-16-10-32-11-17(16)20(13(2)23(15)30-25)22-18(26)3-4-19-21(22)14(7-27)24(28)33-19/h3-4,8,12H,5-6,9-11,28H2,1-2H3. The SMILES string of the molecule is Cc1c(-c2c(F)ccc3sc(N)c(C#N)c23)c2c(c3cnc(N4CCC(C)C4)nc13)COC2. The lowest BCUT2D eigenvalue weighted by atomic mass is 9.87. The van der Waals surface area contributed by atoms with E-state index < -0.39 is 0 Å². The van der Waals surface area contributed by atoms with Crippen LogP contribution in [0.1, 0.15) is 35.6 Å². The monoisotopic (exact) mass is 459 g/mol. The molecule has 1 atom stereocenters. The van der Waals surface area contributed by atoms with Crippen LogP contribution in [0.25, 0.3) is 32.1 Å². The Morgan fingerprint density at radius 1 is 1.27 bits per heavy atom. The number of anilines is 2. The number of nitrogens with two attached hydrogens (primary N) is 1. The van der Waals surface area contributed by atoms with Crippen LogP contribution in [-0.4, -0.2) is 23.1 Å². The van der Waals surface area contributed by atoms with Gasteiger partial charge in [0.25, 0.3) is 0 Å². The van der Waals surface area contributed by atoms with Crippen LogP contribution in [0.5, 0.6) is 0 Å². The maximum atomic E-state index is 15.5. The van der Waals surface area contributed by atoms with Gasteiger partial charge in [0.15, 0.2) is 0 Å². The van der Waals surface area contributed by atoms with Gasteiger partial charge in [-0.3, -0.25) is 0 Å². The van der Waals surface area contributed by atoms with Crippen molar-refractivity contribution < 1.29 is 9.13 Å². The second-order valence-corrected chi connectivity index (χ2v) is 10.1. The molecule has 2 aliphatic heterocycles. The Labute approximate surface area is 194 Å². The zero-order valence-electron chi connectivity index (χ0n) is 18.4. The number of hydrogen-bond acceptors (Lipinski definition) is 7. The average Bonchev–Trinajstić information content (AvgIpc) is 3.53. The zero-order chi connectivity index (χ0) is 22.9. The molecule has 2 aliphatic rings. The summed E-state index contributed by atoms with van der Waals surface area (Å²) in [5, 5.41) is 11.7. The van der Waals surface area contributed by atoms with E-state index in [2.05, 4.69) is 22.9 Å². The van der Waals surface area contributed by atoms with E-state index in [4.69, 9.17) is 15.5 Å². The highest BCUT2D eigenvalue weighted by Crippen LogP contribution is 2.46. The van der Waals surface area contributed by atoms with E-state index in [1.54, 1.807) is 6.07 Å². The van der Waals surface area contributed by atoms with Crippen LogP contribution in [0.4, 0.5) is 15.3 Å². The quantitative estimate of drug-likeness (QED) is 0.438. The predicted octanol–water partition coefficient (Wildman–Crippen LogP) is 5.29. The molecule has 4 aromatic rings. The first-order chi connectivity index (χ1) is 16.0. The predicted molar refractivity (Wildman–Crippen MR) is 129 cm³/mol. The average molecular weight is 460 g/mol. The summed E-state index contributed by atoms with van der Waals surface area (Å²) in [5.74, 6) is 0.932. The molecule has 0 aliphatic carbocycles. The zero-order valence-corrected chi connectivity index (χ0v) is 19.2. The summed E-state index contributed by atoms with van der Waals surface area (Å²) in [6.45, 7) is 6.87. The molecule has 8 heteroatoms. The number of benzene rings is 2. The van der Waals surface area contributed by atoms with Gasteiger partial charge in [0.2, 0.25) is 5.95 Å². The fourth-order valence-corrected chi connectivity index (χ4v) is 6.19. The number of ether oxygens (including phenoxy) is 1. The normalized spacial score (nSPS) is 17.8. The smallest absolute Gasteiger partial charge is 0.225 e. The Kier molecular flexibility index (Phi) is 4.54. The lowest BCUT2D eigenvalue weighted by Gasteiger charge is -2.20. The number of aryl methyl sites for hydroxylation is 1. The van der Waals surface area contributed by atoms with Gasteiger partial charge in [-0.1, -0.05) is 6.92 Å². The minimum atomic E-state index is -0.379. The van der Waals surface area contributed by atoms with E-state index in [0.717, 1.165) is 57.4 Å². The molecule has 0 saturated carbocycles. The maximum Gasteiger partial charge on any atom is 0.225 e. The lowest BCUT2D eigenvalue weighted by molar-refractivity contribution is 0.135. The number of nitrogens with zero attached hydrogens (tertiary/aromatic N) is 4. The van der Waals surface area contributed by atoms with Crippen molar-refractivity contribution in [1.29, 1.82) is 5.26 Å². The second-order valence-electron chi connectivity index (χ2n) is 8.97. The Hall–Kier alpha value is -3.28. The van der Waals surface area contributed by atoms with E-state index in [1.165, 1.54) is 17.4 Å². The van der Waals surface area contributed by atoms with Crippen molar-refractivity contribution >= 4 is 43.3 Å². The first-order valence-electron chi connectivity index (χ1n) is 11.0. The van der Waals surface area contributed by atoms with Crippen molar-refractivity contribution in [3.8, 4) is 17.2 Å². The molecule has 2 N–H and O–H groups in total. The summed E-state index contributed by atoms with van der Waals surface area (Å²) in [5.41, 5.74) is 11.2. The molecule has 0 bridgehead atoms. The molecule has 1 unspecified atom stereocenters. The van der Waals surface area contributed by atoms with E-state index >= 15 is 4.39 Å². The van der Waals surface area contributed by atoms with Crippen molar-refractivity contribution in [2.75, 3.05) is 23.7 Å². The number of halogens is 1. The summed E-state index contributed by atoms with van der Waals surface area (Å²) in [6.07, 6.45) is 3.00. The van der Waals surface area contributed by atoms with Gasteiger partial charge < -0.3 is 15.4 Å². The Morgan fingerprint density at radius 3 is 2.85 bits per heavy atom. The molecule has 166 valence electrons. The Morgan fingerprint density at radius 2 is 2.09 bits per heavy atom. The summed E-state index contributed by atoms with van der Waals surface area (Å²) >= 11 is 1.31. The number of aromatic nitrogens is 2. The third-order valence-corrected chi connectivity index (χ3v) is 7.88. The number of hydrogen-bond donors (Lipinski definition) is 1. The first kappa shape index (κ1) is 20.3. The van der Waals surface area contributed by atoms with Crippen LogP contribution in [-0.2, 0) is 18.0 Å². The molecule has 6 rings (SSSR count). The Balaban J connectivity index is 1.69. The van der Waals surface area contributed by atoms with E-state index in [0.29, 0.717) is 46.6 Å². The fraction of sp³-hybridized carbons (Fsp3) is 0.320. The van der Waals surface area contributed by atoms with Crippen LogP contribution in [0.15, 0.2) is 18.3 Å². The van der Waals surface area contributed by atoms with Crippen LogP contribution in [0.3, 0.4) is 0 Å². The van der Waals surface area contributed by atoms with Gasteiger partial charge in [-0.05, 0) is 53.6 Å². The molecule has 4 heterocycles. The van der Waals surface area contributed by atoms with Crippen molar-refractivity contribution in [2.45, 2.75) is 33.5 Å². The summed E-state index contributed by atoms with van der Waals surface area (Å²) in [4.78, 5) is 11.8. The van der Waals surface area contributed by atoms with Crippen molar-refractivity contribution in [3.63, 3.8) is 0 Å². The highest BCUT2D eigenvalue weighted by Gasteiger charge is 2.29. The van der Waals surface area contributed by atoms with Crippen molar-refractivity contribution in [3.05, 3.63) is 46.4 Å². The van der Waals surface area contributed by atoms with Crippen molar-refractivity contribution in [1.82, 2.24) is 9.97 Å². The lowest BCUT2D eigenvalue weighted by Crippen LogP contribution is -2.21. The van der Waals surface area contributed by atoms with Gasteiger partial charge in [0.05, 0.1) is 24.3 Å². The highest BCUT2D eigenvalue weighted by molar-refractivity contribution is 7.23. The molecule has 2 aromatic heterocycles. The minimum Gasteiger partial charge on any atom is -0.389 e. The molecule has 1 saturated heterocycles. The van der Waals surface area contributed by atoms with Gasteiger partial charge >= 0.3 is 0 Å². The number of nitriles is 1. The molecule has 33 heavy (non-hydrogen) atoms. The molecule has 6 nitrogen and oxygen atoms in total. The number of thiophene rings is 1. The van der Waals surface area contributed by atoms with Crippen LogP contribution >= 0.6 is 11.3 Å². The van der Waals surface area contributed by atoms with Gasteiger partial charge in [0, 0.05) is 40.3 Å². The van der Waals surface area contributed by atoms with Gasteiger partial charge in [-0.25, -0.2) is 14.4 Å². The largest absolute Gasteiger partial charge is 0.389 e. The fourth-order valence-electron chi connectivity index (χ4n) is 5.26. The molecule has 0 radical (unpaired) electrons. The van der Waals surface area contributed by atoms with Crippen LogP contribution in [0.2, 0.25) is 0 Å². The Bertz CT molecular complexity index is 1510. The van der Waals surface area contributed by atoms with Crippen LogP contribution in [0, 0.1) is 30.0 Å². The maximum absolute atomic E-state index is 15.5. The minimum absolute atomic E-state index is 0.325. The summed E-state index contributed by atoms with van der Waals surface area (Å²) in [7, 11) is 0. The molecule has 0 spiro atoms. The third kappa shape index (κ3) is 2.93. The number of nitrogen functional groups attached to an aromatic ring is 1. The molecule has 0 amide bonds. The van der Waals surface area contributed by atoms with E-state index in [9.17, 15) is 5.26 Å². The first-order valence-corrected chi connectivity index (χ1v) is 11.8. The van der Waals surface area contributed by atoms with Gasteiger partial charge in [0.1, 0.15) is 16.9 Å². The van der Waals surface area contributed by atoms with Gasteiger partial charge in [-0.2, -0.15) is 5.26 Å². The summed E-state index contributed by atoms with van der Waals surface area (Å²) in [6, 6.07) is 5.33. The second kappa shape index (κ2) is 7.37. The van der Waals surface area contributed by atoms with Gasteiger partial charge in [-0.15, -0.1) is 11.3 Å². The van der Waals surface area contributed by atoms with E-state index in [-0.39, 0.29) is 5.82 Å². The molecular weight excluding hydrogens is 437 g/mol. The molecule has 1 fully saturated rings. The van der Waals surface area contributed by atoms with Crippen LogP contribution < -0.4 is 10.6 Å². The number of fused-ring (bicyclic) bond motifs is 4. The van der Waals surface area contributed by atoms with Crippen molar-refractivity contribution in [2.24, 2.45) is 5.92 Å². The topological polar surface area (TPSA) is 88.1 Å². The van der Waals surface area contributed by atoms with E-state index in [1.807, 2.05) is 13.1 Å². The third-order valence-electron chi connectivity index (χ3n) is 6.89. The number of rotatable bonds is 2. The molecular formula is C25H22FN5OS. The summed E-state index contributed by atoms with van der Waals surface area (Å²) < 4.78 is 22.1. The molecule has 2 aromatic carbocycles.